The maximum atomic E-state index is 13.5. The Hall–Kier alpha value is -3.64. The van der Waals surface area contributed by atoms with E-state index in [2.05, 4.69) is 0 Å². The number of aryl methyl sites for hydroxylation is 1. The van der Waals surface area contributed by atoms with Crippen LogP contribution in [-0.4, -0.2) is 15.9 Å². The van der Waals surface area contributed by atoms with Crippen molar-refractivity contribution in [2.45, 2.75) is 19.5 Å². The Balaban J connectivity index is 1.74. The fourth-order valence-electron chi connectivity index (χ4n) is 4.13. The monoisotopic (exact) mass is 449 g/mol. The summed E-state index contributed by atoms with van der Waals surface area (Å²) in [5.74, 6) is -0.873. The minimum absolute atomic E-state index is 0.00831. The molecule has 5 nitrogen and oxygen atoms in total. The molecular weight excluding hydrogens is 433 g/mol. The third-order valence-corrected chi connectivity index (χ3v) is 6.11. The molecule has 0 radical (unpaired) electrons. The van der Waals surface area contributed by atoms with Gasteiger partial charge in [0.1, 0.15) is 17.1 Å². The van der Waals surface area contributed by atoms with Crippen LogP contribution < -0.4 is 5.43 Å². The molecule has 7 heteroatoms. The zero-order valence-electron chi connectivity index (χ0n) is 16.9. The molecule has 2 heterocycles. The van der Waals surface area contributed by atoms with Gasteiger partial charge < -0.3 is 14.4 Å². The Morgan fingerprint density at radius 3 is 2.56 bits per heavy atom. The highest BCUT2D eigenvalue weighted by molar-refractivity contribution is 6.32. The highest BCUT2D eigenvalue weighted by Crippen LogP contribution is 2.40. The normalized spacial score (nSPS) is 15.4. The molecule has 160 valence electrons. The van der Waals surface area contributed by atoms with E-state index in [0.29, 0.717) is 16.1 Å². The summed E-state index contributed by atoms with van der Waals surface area (Å²) >= 11 is 6.24. The smallest absolute Gasteiger partial charge is 0.291 e. The van der Waals surface area contributed by atoms with Crippen LogP contribution in [0.1, 0.15) is 38.9 Å². The summed E-state index contributed by atoms with van der Waals surface area (Å²) in [6.45, 7) is 1.91. The molecule has 1 aliphatic heterocycles. The number of carbonyl (C=O) groups excluding carboxylic acids is 1. The minimum Gasteiger partial charge on any atom is -0.508 e. The van der Waals surface area contributed by atoms with E-state index in [-0.39, 0.29) is 45.8 Å². The number of fused-ring (bicyclic) bond motifs is 2. The minimum atomic E-state index is -0.782. The summed E-state index contributed by atoms with van der Waals surface area (Å²) in [5, 5.41) is 10.7. The van der Waals surface area contributed by atoms with Gasteiger partial charge in [-0.3, -0.25) is 9.59 Å². The van der Waals surface area contributed by atoms with Gasteiger partial charge >= 0.3 is 0 Å². The largest absolute Gasteiger partial charge is 0.508 e. The number of phenols is 1. The lowest BCUT2D eigenvalue weighted by Crippen LogP contribution is -2.29. The Morgan fingerprint density at radius 1 is 1.09 bits per heavy atom. The van der Waals surface area contributed by atoms with Crippen molar-refractivity contribution in [3.8, 4) is 5.75 Å². The van der Waals surface area contributed by atoms with Crippen LogP contribution >= 0.6 is 11.6 Å². The molecular formula is C25H17ClFNO4. The van der Waals surface area contributed by atoms with Crippen molar-refractivity contribution in [2.24, 2.45) is 0 Å². The van der Waals surface area contributed by atoms with Gasteiger partial charge in [0.05, 0.1) is 17.0 Å². The standard InChI is InChI=1S/C25H17ClFNO4/c1-13-9-20-18(11-19(13)26)23(30)21-22(15-3-2-4-17(29)10-15)28(25(31)24(21)32-20)12-14-5-7-16(27)8-6-14/h2-11,22,29H,12H2,1H3/t22-/m1/s1. The van der Waals surface area contributed by atoms with Crippen molar-refractivity contribution in [3.05, 3.63) is 110 Å². The zero-order chi connectivity index (χ0) is 22.6. The van der Waals surface area contributed by atoms with E-state index < -0.39 is 11.9 Å². The van der Waals surface area contributed by atoms with Crippen molar-refractivity contribution < 1.29 is 18.7 Å². The van der Waals surface area contributed by atoms with Crippen LogP contribution in [0, 0.1) is 12.7 Å². The molecule has 0 fully saturated rings. The average molecular weight is 450 g/mol. The lowest BCUT2D eigenvalue weighted by molar-refractivity contribution is 0.0714. The second kappa shape index (κ2) is 7.50. The first-order valence-electron chi connectivity index (χ1n) is 9.94. The fraction of sp³-hybridized carbons (Fsp3) is 0.120. The molecule has 0 spiro atoms. The number of carbonyl (C=O) groups is 1. The first kappa shape index (κ1) is 20.3. The van der Waals surface area contributed by atoms with E-state index in [1.807, 2.05) is 0 Å². The van der Waals surface area contributed by atoms with Crippen LogP contribution in [0.2, 0.25) is 5.02 Å². The Kier molecular flexibility index (Phi) is 4.75. The van der Waals surface area contributed by atoms with Crippen LogP contribution in [-0.2, 0) is 6.54 Å². The van der Waals surface area contributed by atoms with Gasteiger partial charge in [-0.05, 0) is 60.0 Å². The van der Waals surface area contributed by atoms with Crippen molar-refractivity contribution in [1.82, 2.24) is 4.90 Å². The molecule has 0 aliphatic carbocycles. The number of phenolic OH excluding ortho intramolecular Hbond substituents is 1. The van der Waals surface area contributed by atoms with Crippen molar-refractivity contribution >= 4 is 28.5 Å². The van der Waals surface area contributed by atoms with Gasteiger partial charge in [-0.15, -0.1) is 0 Å². The predicted molar refractivity (Wildman–Crippen MR) is 118 cm³/mol. The summed E-state index contributed by atoms with van der Waals surface area (Å²) in [6, 6.07) is 14.6. The van der Waals surface area contributed by atoms with Gasteiger partial charge in [0.25, 0.3) is 5.91 Å². The zero-order valence-corrected chi connectivity index (χ0v) is 17.7. The number of rotatable bonds is 3. The number of amides is 1. The Labute approximate surface area is 187 Å². The van der Waals surface area contributed by atoms with Crippen LogP contribution in [0.5, 0.6) is 5.75 Å². The number of halogens is 2. The first-order chi connectivity index (χ1) is 15.3. The molecule has 0 saturated carbocycles. The Bertz CT molecular complexity index is 1450. The molecule has 1 amide bonds. The summed E-state index contributed by atoms with van der Waals surface area (Å²) in [6.07, 6.45) is 0. The predicted octanol–water partition coefficient (Wildman–Crippen LogP) is 5.34. The van der Waals surface area contributed by atoms with Gasteiger partial charge in [-0.2, -0.15) is 0 Å². The number of benzene rings is 3. The van der Waals surface area contributed by atoms with E-state index in [1.54, 1.807) is 43.3 Å². The van der Waals surface area contributed by atoms with Gasteiger partial charge in [0.2, 0.25) is 5.76 Å². The van der Waals surface area contributed by atoms with E-state index in [1.165, 1.54) is 29.2 Å². The molecule has 0 bridgehead atoms. The highest BCUT2D eigenvalue weighted by Gasteiger charge is 2.42. The molecule has 32 heavy (non-hydrogen) atoms. The lowest BCUT2D eigenvalue weighted by atomic mass is 9.98. The molecule has 0 unspecified atom stereocenters. The molecule has 1 aliphatic rings. The number of aromatic hydroxyl groups is 1. The molecule has 3 aromatic carbocycles. The number of hydrogen-bond acceptors (Lipinski definition) is 4. The van der Waals surface area contributed by atoms with Gasteiger partial charge in [0, 0.05) is 11.6 Å². The van der Waals surface area contributed by atoms with Crippen LogP contribution in [0.4, 0.5) is 4.39 Å². The van der Waals surface area contributed by atoms with E-state index in [0.717, 1.165) is 5.56 Å². The quantitative estimate of drug-likeness (QED) is 0.458. The van der Waals surface area contributed by atoms with Crippen LogP contribution in [0.3, 0.4) is 0 Å². The molecule has 1 atom stereocenters. The molecule has 1 N–H and O–H groups in total. The molecule has 0 saturated heterocycles. The van der Waals surface area contributed by atoms with Crippen LogP contribution in [0.25, 0.3) is 11.0 Å². The SMILES string of the molecule is Cc1cc2oc3c(c(=O)c2cc1Cl)[C@@H](c1cccc(O)c1)N(Cc1ccc(F)cc1)C3=O. The maximum absolute atomic E-state index is 13.5. The summed E-state index contributed by atoms with van der Waals surface area (Å²) in [4.78, 5) is 28.4. The Morgan fingerprint density at radius 2 is 1.84 bits per heavy atom. The number of hydrogen-bond donors (Lipinski definition) is 1. The topological polar surface area (TPSA) is 70.8 Å². The van der Waals surface area contributed by atoms with Gasteiger partial charge in [0.15, 0.2) is 5.43 Å². The second-order valence-corrected chi connectivity index (χ2v) is 8.24. The fourth-order valence-corrected chi connectivity index (χ4v) is 4.30. The second-order valence-electron chi connectivity index (χ2n) is 7.83. The molecule has 4 aromatic rings. The third-order valence-electron chi connectivity index (χ3n) is 5.70. The summed E-state index contributed by atoms with van der Waals surface area (Å²) < 4.78 is 19.3. The lowest BCUT2D eigenvalue weighted by Gasteiger charge is -2.25. The van der Waals surface area contributed by atoms with E-state index >= 15 is 0 Å². The summed E-state index contributed by atoms with van der Waals surface area (Å²) in [5.41, 5.74) is 2.09. The first-order valence-corrected chi connectivity index (χ1v) is 10.3. The average Bonchev–Trinajstić information content (AvgIpc) is 3.03. The molecule has 1 aromatic heterocycles. The molecule has 5 rings (SSSR count). The highest BCUT2D eigenvalue weighted by atomic mass is 35.5. The van der Waals surface area contributed by atoms with Crippen LogP contribution in [0.15, 0.2) is 69.9 Å². The van der Waals surface area contributed by atoms with Crippen molar-refractivity contribution in [1.29, 1.82) is 0 Å². The van der Waals surface area contributed by atoms with Crippen molar-refractivity contribution in [2.75, 3.05) is 0 Å². The van der Waals surface area contributed by atoms with Crippen molar-refractivity contribution in [3.63, 3.8) is 0 Å². The van der Waals surface area contributed by atoms with E-state index in [9.17, 15) is 19.1 Å². The van der Waals surface area contributed by atoms with Gasteiger partial charge in [-0.1, -0.05) is 35.9 Å². The number of nitrogens with zero attached hydrogens (tertiary/aromatic N) is 1. The van der Waals surface area contributed by atoms with E-state index in [4.69, 9.17) is 16.0 Å². The maximum Gasteiger partial charge on any atom is 0.291 e. The summed E-state index contributed by atoms with van der Waals surface area (Å²) in [7, 11) is 0. The third kappa shape index (κ3) is 3.24. The van der Waals surface area contributed by atoms with Gasteiger partial charge in [-0.25, -0.2) is 4.39 Å².